The monoisotopic (exact) mass is 652 g/mol. The minimum atomic E-state index is -0.625. The Morgan fingerprint density at radius 3 is 2.08 bits per heavy atom. The van der Waals surface area contributed by atoms with E-state index in [1.165, 1.54) is 27.0 Å². The summed E-state index contributed by atoms with van der Waals surface area (Å²) in [7, 11) is 5.02. The molecule has 3 aromatic rings. The highest BCUT2D eigenvalue weighted by molar-refractivity contribution is 6.20. The Morgan fingerprint density at radius 1 is 0.875 bits per heavy atom. The van der Waals surface area contributed by atoms with Crippen LogP contribution in [0.2, 0.25) is 0 Å². The molecule has 0 bridgehead atoms. The summed E-state index contributed by atoms with van der Waals surface area (Å²) in [6.07, 6.45) is 4.42. The number of amides is 3. The molecule has 0 unspecified atom stereocenters. The predicted molar refractivity (Wildman–Crippen MR) is 192 cm³/mol. The van der Waals surface area contributed by atoms with Gasteiger partial charge in [0, 0.05) is 57.0 Å². The van der Waals surface area contributed by atoms with Crippen molar-refractivity contribution >= 4 is 41.3 Å². The summed E-state index contributed by atoms with van der Waals surface area (Å²) in [5.74, 6) is 1.27. The lowest BCUT2D eigenvalue weighted by atomic mass is 10.2. The van der Waals surface area contributed by atoms with Gasteiger partial charge in [0.1, 0.15) is 22.8 Å². The highest BCUT2D eigenvalue weighted by atomic mass is 16.6. The van der Waals surface area contributed by atoms with Crippen LogP contribution in [0.1, 0.15) is 27.7 Å². The summed E-state index contributed by atoms with van der Waals surface area (Å²) in [5, 5.41) is 0. The van der Waals surface area contributed by atoms with Gasteiger partial charge in [-0.1, -0.05) is 36.9 Å². The number of allylic oxidation sites excluding steroid dienone is 1. The SMILES string of the molecule is C=CN=C(/C(=C(\C)N)N(C)c1ccc(Oc2ccccc2)cc1)N(C=O)c1cccc(N(C)C(=O)/C=C/CN(C)C(=O)OC(C)(C)C)c1. The van der Waals surface area contributed by atoms with E-state index in [0.29, 0.717) is 34.9 Å². The van der Waals surface area contributed by atoms with Gasteiger partial charge in [-0.2, -0.15) is 0 Å². The Morgan fingerprint density at radius 2 is 1.50 bits per heavy atom. The molecule has 3 aromatic carbocycles. The van der Waals surface area contributed by atoms with Crippen LogP contribution in [0.15, 0.2) is 120 Å². The van der Waals surface area contributed by atoms with Crippen molar-refractivity contribution in [2.45, 2.75) is 33.3 Å². The standard InChI is InChI=1S/C37H44N6O5/c1-9-39-35(34(27(2)38)42(8)28-20-22-32(23-21-28)47-31-17-11-10-12-18-31)43(26-44)30-16-13-15-29(25-30)41(7)33(45)19-14-24-40(6)36(46)48-37(3,4)5/h9-23,25-26H,1,24,38H2,2-8H3/b19-14+,34-27-,39-35?. The summed E-state index contributed by atoms with van der Waals surface area (Å²) in [5.41, 5.74) is 8.37. The number of likely N-dealkylation sites (N-methyl/N-ethyl adjacent to an activating group) is 3. The zero-order valence-corrected chi connectivity index (χ0v) is 28.6. The second kappa shape index (κ2) is 16.6. The summed E-state index contributed by atoms with van der Waals surface area (Å²) in [6.45, 7) is 11.0. The second-order valence-electron chi connectivity index (χ2n) is 11.8. The van der Waals surface area contributed by atoms with Crippen molar-refractivity contribution in [2.75, 3.05) is 42.4 Å². The van der Waals surface area contributed by atoms with Gasteiger partial charge in [-0.05, 0) is 82.3 Å². The zero-order valence-electron chi connectivity index (χ0n) is 28.6. The lowest BCUT2D eigenvalue weighted by Gasteiger charge is -2.30. The molecule has 0 atom stereocenters. The number of aliphatic imine (C=N–C) groups is 1. The van der Waals surface area contributed by atoms with E-state index in [1.54, 1.807) is 72.1 Å². The molecular weight excluding hydrogens is 608 g/mol. The molecule has 0 fully saturated rings. The fourth-order valence-electron chi connectivity index (χ4n) is 4.46. The van der Waals surface area contributed by atoms with Crippen LogP contribution in [-0.4, -0.2) is 62.4 Å². The third-order valence-corrected chi connectivity index (χ3v) is 6.84. The van der Waals surface area contributed by atoms with Crippen molar-refractivity contribution in [1.29, 1.82) is 0 Å². The number of nitrogens with zero attached hydrogens (tertiary/aromatic N) is 5. The first-order valence-electron chi connectivity index (χ1n) is 15.2. The number of anilines is 3. The first-order valence-corrected chi connectivity index (χ1v) is 15.2. The second-order valence-corrected chi connectivity index (χ2v) is 11.8. The van der Waals surface area contributed by atoms with Gasteiger partial charge in [0.2, 0.25) is 12.3 Å². The fraction of sp³-hybridized carbons (Fsp3) is 0.243. The summed E-state index contributed by atoms with van der Waals surface area (Å²) in [4.78, 5) is 48.3. The number of amidine groups is 1. The highest BCUT2D eigenvalue weighted by Gasteiger charge is 2.24. The number of carbonyl (C=O) groups excluding carboxylic acids is 3. The molecule has 48 heavy (non-hydrogen) atoms. The average Bonchev–Trinajstić information content (AvgIpc) is 3.04. The lowest BCUT2D eigenvalue weighted by molar-refractivity contribution is -0.114. The molecule has 2 N–H and O–H groups in total. The van der Waals surface area contributed by atoms with Crippen LogP contribution < -0.4 is 25.2 Å². The third kappa shape index (κ3) is 10.1. The topological polar surface area (TPSA) is 121 Å². The number of para-hydroxylation sites is 1. The van der Waals surface area contributed by atoms with Crippen molar-refractivity contribution in [3.05, 3.63) is 115 Å². The molecule has 0 aliphatic rings. The highest BCUT2D eigenvalue weighted by Crippen LogP contribution is 2.29. The summed E-state index contributed by atoms with van der Waals surface area (Å²) < 4.78 is 11.3. The van der Waals surface area contributed by atoms with Crippen molar-refractivity contribution in [1.82, 2.24) is 4.90 Å². The molecule has 0 saturated carbocycles. The van der Waals surface area contributed by atoms with Gasteiger partial charge >= 0.3 is 6.09 Å². The molecule has 11 heteroatoms. The molecule has 0 heterocycles. The Labute approximate surface area is 282 Å². The molecule has 0 aliphatic carbocycles. The average molecular weight is 653 g/mol. The molecule has 0 aromatic heterocycles. The zero-order chi connectivity index (χ0) is 35.4. The van der Waals surface area contributed by atoms with E-state index in [-0.39, 0.29) is 18.3 Å². The van der Waals surface area contributed by atoms with Crippen LogP contribution in [0.25, 0.3) is 0 Å². The molecule has 0 spiro atoms. The smallest absolute Gasteiger partial charge is 0.410 e. The predicted octanol–water partition coefficient (Wildman–Crippen LogP) is 6.70. The van der Waals surface area contributed by atoms with Crippen LogP contribution in [0.4, 0.5) is 21.9 Å². The van der Waals surface area contributed by atoms with Gasteiger partial charge in [0.25, 0.3) is 0 Å². The molecule has 0 saturated heterocycles. The van der Waals surface area contributed by atoms with E-state index in [1.807, 2.05) is 66.5 Å². The molecule has 3 amide bonds. The summed E-state index contributed by atoms with van der Waals surface area (Å²) in [6, 6.07) is 23.8. The number of nitrogens with two attached hydrogens (primary N) is 1. The van der Waals surface area contributed by atoms with Gasteiger partial charge in [-0.15, -0.1) is 0 Å². The van der Waals surface area contributed by atoms with E-state index in [4.69, 9.17) is 15.2 Å². The van der Waals surface area contributed by atoms with Crippen LogP contribution in [0.3, 0.4) is 0 Å². The Balaban J connectivity index is 1.83. The molecule has 0 radical (unpaired) electrons. The van der Waals surface area contributed by atoms with Crippen molar-refractivity contribution < 1.29 is 23.9 Å². The van der Waals surface area contributed by atoms with Gasteiger partial charge in [0.05, 0.1) is 5.69 Å². The van der Waals surface area contributed by atoms with Crippen molar-refractivity contribution in [3.63, 3.8) is 0 Å². The first-order chi connectivity index (χ1) is 22.7. The van der Waals surface area contributed by atoms with E-state index in [9.17, 15) is 14.4 Å². The molecular formula is C37H44N6O5. The largest absolute Gasteiger partial charge is 0.457 e. The van der Waals surface area contributed by atoms with Crippen LogP contribution in [0, 0.1) is 0 Å². The van der Waals surface area contributed by atoms with Crippen LogP contribution >= 0.6 is 0 Å². The maximum Gasteiger partial charge on any atom is 0.410 e. The van der Waals surface area contributed by atoms with Crippen molar-refractivity contribution in [3.8, 4) is 11.5 Å². The van der Waals surface area contributed by atoms with Gasteiger partial charge in [0.15, 0.2) is 5.84 Å². The Bertz CT molecular complexity index is 1670. The minimum absolute atomic E-state index is 0.179. The first kappa shape index (κ1) is 36.6. The van der Waals surface area contributed by atoms with Crippen LogP contribution in [-0.2, 0) is 14.3 Å². The Hall–Kier alpha value is -5.84. The van der Waals surface area contributed by atoms with Gasteiger partial charge < -0.3 is 29.9 Å². The third-order valence-electron chi connectivity index (χ3n) is 6.84. The maximum absolute atomic E-state index is 13.0. The molecule has 252 valence electrons. The van der Waals surface area contributed by atoms with E-state index in [2.05, 4.69) is 11.6 Å². The van der Waals surface area contributed by atoms with Gasteiger partial charge in [-0.25, -0.2) is 9.79 Å². The number of ether oxygens (including phenoxy) is 2. The molecule has 3 rings (SSSR count). The van der Waals surface area contributed by atoms with E-state index in [0.717, 1.165) is 11.4 Å². The van der Waals surface area contributed by atoms with E-state index < -0.39 is 11.7 Å². The van der Waals surface area contributed by atoms with Crippen LogP contribution in [0.5, 0.6) is 11.5 Å². The summed E-state index contributed by atoms with van der Waals surface area (Å²) >= 11 is 0. The Kier molecular flexibility index (Phi) is 12.7. The number of hydrogen-bond acceptors (Lipinski definition) is 8. The fourth-order valence-corrected chi connectivity index (χ4v) is 4.46. The quantitative estimate of drug-likeness (QED) is 0.100. The number of hydrogen-bond donors (Lipinski definition) is 1. The normalized spacial score (nSPS) is 12.1. The lowest BCUT2D eigenvalue weighted by Crippen LogP contribution is -2.38. The number of carbonyl (C=O) groups is 3. The minimum Gasteiger partial charge on any atom is -0.457 e. The molecule has 11 nitrogen and oxygen atoms in total. The number of rotatable bonds is 12. The van der Waals surface area contributed by atoms with Crippen molar-refractivity contribution in [2.24, 2.45) is 10.7 Å². The molecule has 0 aliphatic heterocycles. The maximum atomic E-state index is 13.0. The van der Waals surface area contributed by atoms with Gasteiger partial charge in [-0.3, -0.25) is 14.5 Å². The number of benzene rings is 3. The van der Waals surface area contributed by atoms with E-state index >= 15 is 0 Å².